The van der Waals surface area contributed by atoms with Gasteiger partial charge >= 0.3 is 0 Å². The number of benzene rings is 1. The maximum Gasteiger partial charge on any atom is 0.119 e. The van der Waals surface area contributed by atoms with Gasteiger partial charge in [-0.25, -0.2) is 0 Å². The Morgan fingerprint density at radius 2 is 2.14 bits per heavy atom. The minimum atomic E-state index is 0.275. The van der Waals surface area contributed by atoms with Gasteiger partial charge < -0.3 is 14.7 Å². The highest BCUT2D eigenvalue weighted by Crippen LogP contribution is 2.30. The van der Waals surface area contributed by atoms with Crippen LogP contribution in [0.2, 0.25) is 0 Å². The number of aliphatic hydroxyl groups excluding tert-OH is 1. The van der Waals surface area contributed by atoms with E-state index in [1.165, 1.54) is 5.69 Å². The highest BCUT2D eigenvalue weighted by atomic mass is 16.5. The first-order valence-electron chi connectivity index (χ1n) is 4.86. The quantitative estimate of drug-likeness (QED) is 0.731. The Balaban J connectivity index is 1.98. The number of methoxy groups -OCH3 is 1. The lowest BCUT2D eigenvalue weighted by Gasteiger charge is -2.05. The summed E-state index contributed by atoms with van der Waals surface area (Å²) in [5.74, 6) is 0.884. The van der Waals surface area contributed by atoms with Crippen molar-refractivity contribution in [3.05, 3.63) is 24.3 Å². The summed E-state index contributed by atoms with van der Waals surface area (Å²) in [6, 6.07) is 8.56. The second-order valence-corrected chi connectivity index (χ2v) is 3.52. The highest BCUT2D eigenvalue weighted by molar-refractivity contribution is 5.55. The molecule has 0 aliphatic carbocycles. The third-order valence-corrected chi connectivity index (χ3v) is 2.58. The van der Waals surface area contributed by atoms with Crippen LogP contribution in [-0.4, -0.2) is 31.4 Å². The van der Waals surface area contributed by atoms with Crippen LogP contribution in [0.15, 0.2) is 24.3 Å². The predicted octanol–water partition coefficient (Wildman–Crippen LogP) is 1.27. The molecule has 0 saturated carbocycles. The van der Waals surface area contributed by atoms with Crippen LogP contribution in [0.25, 0.3) is 0 Å². The van der Waals surface area contributed by atoms with E-state index in [1.807, 2.05) is 12.1 Å². The number of nitrogens with zero attached hydrogens (tertiary/aromatic N) is 1. The fourth-order valence-electron chi connectivity index (χ4n) is 1.67. The molecule has 3 nitrogen and oxygen atoms in total. The predicted molar refractivity (Wildman–Crippen MR) is 55.8 cm³/mol. The van der Waals surface area contributed by atoms with Crippen molar-refractivity contribution in [1.29, 1.82) is 0 Å². The van der Waals surface area contributed by atoms with Crippen molar-refractivity contribution in [2.45, 2.75) is 12.5 Å². The van der Waals surface area contributed by atoms with Crippen molar-refractivity contribution < 1.29 is 9.84 Å². The van der Waals surface area contributed by atoms with Crippen LogP contribution in [0.3, 0.4) is 0 Å². The van der Waals surface area contributed by atoms with E-state index in [0.29, 0.717) is 6.04 Å². The Morgan fingerprint density at radius 3 is 2.71 bits per heavy atom. The molecule has 2 rings (SSSR count). The topological polar surface area (TPSA) is 32.5 Å². The first-order valence-corrected chi connectivity index (χ1v) is 4.86. The minimum Gasteiger partial charge on any atom is -0.497 e. The second kappa shape index (κ2) is 3.88. The maximum absolute atomic E-state index is 8.78. The van der Waals surface area contributed by atoms with Gasteiger partial charge in [-0.3, -0.25) is 0 Å². The van der Waals surface area contributed by atoms with Crippen LogP contribution in [0.5, 0.6) is 5.75 Å². The first kappa shape index (κ1) is 9.34. The fraction of sp³-hybridized carbons (Fsp3) is 0.455. The Morgan fingerprint density at radius 1 is 1.43 bits per heavy atom. The van der Waals surface area contributed by atoms with Crippen molar-refractivity contribution in [3.8, 4) is 5.75 Å². The van der Waals surface area contributed by atoms with Crippen LogP contribution < -0.4 is 9.64 Å². The molecule has 1 aliphatic heterocycles. The SMILES string of the molecule is COc1ccc(N2CC2CCO)cc1. The summed E-state index contributed by atoms with van der Waals surface area (Å²) in [7, 11) is 1.67. The molecule has 3 heteroatoms. The molecule has 76 valence electrons. The number of ether oxygens (including phenoxy) is 1. The molecule has 0 bridgehead atoms. The molecule has 1 fully saturated rings. The zero-order valence-corrected chi connectivity index (χ0v) is 8.31. The van der Waals surface area contributed by atoms with Crippen molar-refractivity contribution in [3.63, 3.8) is 0 Å². The molecule has 1 aliphatic rings. The molecular formula is C11H15NO2. The van der Waals surface area contributed by atoms with Gasteiger partial charge in [0.15, 0.2) is 0 Å². The summed E-state index contributed by atoms with van der Waals surface area (Å²) in [5, 5.41) is 8.78. The Bertz CT molecular complexity index is 297. The maximum atomic E-state index is 8.78. The van der Waals surface area contributed by atoms with E-state index in [4.69, 9.17) is 9.84 Å². The molecule has 0 radical (unpaired) electrons. The third-order valence-electron chi connectivity index (χ3n) is 2.58. The molecule has 1 aromatic carbocycles. The summed E-state index contributed by atoms with van der Waals surface area (Å²) in [6.07, 6.45) is 0.867. The number of anilines is 1. The van der Waals surface area contributed by atoms with E-state index >= 15 is 0 Å². The van der Waals surface area contributed by atoms with Gasteiger partial charge in [0.1, 0.15) is 5.75 Å². The monoisotopic (exact) mass is 193 g/mol. The number of hydrogen-bond donors (Lipinski definition) is 1. The number of aliphatic hydroxyl groups is 1. The molecule has 1 atom stereocenters. The molecule has 1 aromatic rings. The Hall–Kier alpha value is -1.22. The van der Waals surface area contributed by atoms with Crippen LogP contribution in [0.4, 0.5) is 5.69 Å². The van der Waals surface area contributed by atoms with Gasteiger partial charge in [0.05, 0.1) is 7.11 Å². The summed E-state index contributed by atoms with van der Waals surface area (Å²) < 4.78 is 5.09. The molecule has 0 amide bonds. The zero-order chi connectivity index (χ0) is 9.97. The smallest absolute Gasteiger partial charge is 0.119 e. The van der Waals surface area contributed by atoms with Crippen molar-refractivity contribution in [2.24, 2.45) is 0 Å². The van der Waals surface area contributed by atoms with Gasteiger partial charge in [0.2, 0.25) is 0 Å². The largest absolute Gasteiger partial charge is 0.497 e. The molecule has 0 spiro atoms. The normalized spacial score (nSPS) is 19.6. The molecule has 1 saturated heterocycles. The van der Waals surface area contributed by atoms with Crippen molar-refractivity contribution in [2.75, 3.05) is 25.2 Å². The van der Waals surface area contributed by atoms with Gasteiger partial charge in [-0.05, 0) is 30.7 Å². The van der Waals surface area contributed by atoms with Crippen molar-refractivity contribution >= 4 is 5.69 Å². The summed E-state index contributed by atoms with van der Waals surface area (Å²) in [6.45, 7) is 1.34. The second-order valence-electron chi connectivity index (χ2n) is 3.52. The molecule has 0 aromatic heterocycles. The molecule has 1 N–H and O–H groups in total. The van der Waals surface area contributed by atoms with Gasteiger partial charge in [-0.2, -0.15) is 0 Å². The van der Waals surface area contributed by atoms with Gasteiger partial charge in [-0.15, -0.1) is 0 Å². The van der Waals surface area contributed by atoms with E-state index in [-0.39, 0.29) is 6.61 Å². The standard InChI is InChI=1S/C11H15NO2/c1-14-11-4-2-9(3-5-11)12-8-10(12)6-7-13/h2-5,10,13H,6-8H2,1H3. The van der Waals surface area contributed by atoms with Gasteiger partial charge in [-0.1, -0.05) is 0 Å². The van der Waals surface area contributed by atoms with Crippen molar-refractivity contribution in [1.82, 2.24) is 0 Å². The summed E-state index contributed by atoms with van der Waals surface area (Å²) >= 11 is 0. The molecule has 14 heavy (non-hydrogen) atoms. The molecule has 1 heterocycles. The number of rotatable bonds is 4. The van der Waals surface area contributed by atoms with E-state index in [9.17, 15) is 0 Å². The fourth-order valence-corrected chi connectivity index (χ4v) is 1.67. The number of hydrogen-bond acceptors (Lipinski definition) is 3. The lowest BCUT2D eigenvalue weighted by Crippen LogP contribution is -2.00. The average molecular weight is 193 g/mol. The minimum absolute atomic E-state index is 0.275. The van der Waals surface area contributed by atoms with Crippen LogP contribution >= 0.6 is 0 Å². The van der Waals surface area contributed by atoms with Gasteiger partial charge in [0, 0.05) is 24.9 Å². The van der Waals surface area contributed by atoms with Crippen LogP contribution in [0.1, 0.15) is 6.42 Å². The first-order chi connectivity index (χ1) is 6.85. The Labute approximate surface area is 83.9 Å². The van der Waals surface area contributed by atoms with Gasteiger partial charge in [0.25, 0.3) is 0 Å². The lowest BCUT2D eigenvalue weighted by atomic mass is 10.3. The highest BCUT2D eigenvalue weighted by Gasteiger charge is 2.32. The van der Waals surface area contributed by atoms with Crippen LogP contribution in [-0.2, 0) is 0 Å². The van der Waals surface area contributed by atoms with E-state index in [2.05, 4.69) is 17.0 Å². The molecular weight excluding hydrogens is 178 g/mol. The average Bonchev–Trinajstić information content (AvgIpc) is 2.98. The van der Waals surface area contributed by atoms with E-state index < -0.39 is 0 Å². The third kappa shape index (κ3) is 1.82. The summed E-state index contributed by atoms with van der Waals surface area (Å²) in [5.41, 5.74) is 1.21. The lowest BCUT2D eigenvalue weighted by molar-refractivity contribution is 0.289. The van der Waals surface area contributed by atoms with E-state index in [1.54, 1.807) is 7.11 Å². The Kier molecular flexibility index (Phi) is 2.59. The summed E-state index contributed by atoms with van der Waals surface area (Å²) in [4.78, 5) is 2.27. The van der Waals surface area contributed by atoms with E-state index in [0.717, 1.165) is 18.7 Å². The zero-order valence-electron chi connectivity index (χ0n) is 8.31. The molecule has 1 unspecified atom stereocenters. The van der Waals surface area contributed by atoms with Crippen LogP contribution in [0, 0.1) is 0 Å².